The Bertz CT molecular complexity index is 2100. The summed E-state index contributed by atoms with van der Waals surface area (Å²) in [5.41, 5.74) is 2.45. The van der Waals surface area contributed by atoms with Crippen molar-refractivity contribution in [2.24, 2.45) is 4.99 Å². The van der Waals surface area contributed by atoms with E-state index in [0.717, 1.165) is 16.3 Å². The molecule has 0 bridgehead atoms. The third-order valence-corrected chi connectivity index (χ3v) is 8.50. The van der Waals surface area contributed by atoms with Gasteiger partial charge in [0, 0.05) is 16.7 Å². The fourth-order valence-electron chi connectivity index (χ4n) is 5.54. The molecule has 0 fully saturated rings. The zero-order valence-corrected chi connectivity index (χ0v) is 25.5. The van der Waals surface area contributed by atoms with E-state index >= 15 is 0 Å². The van der Waals surface area contributed by atoms with Crippen molar-refractivity contribution in [3.8, 4) is 17.2 Å². The van der Waals surface area contributed by atoms with Gasteiger partial charge in [-0.3, -0.25) is 9.36 Å². The molecule has 0 spiro atoms. The molecule has 0 radical (unpaired) electrons. The van der Waals surface area contributed by atoms with Gasteiger partial charge in [-0.2, -0.15) is 0 Å². The molecule has 1 atom stereocenters. The third kappa shape index (κ3) is 5.05. The van der Waals surface area contributed by atoms with Crippen LogP contribution in [-0.2, 0) is 9.53 Å². The van der Waals surface area contributed by atoms with Crippen LogP contribution in [0, 0.1) is 0 Å². The predicted octanol–water partition coefficient (Wildman–Crippen LogP) is 5.11. The fraction of sp³-hybridized carbons (Fsp3) is 0.171. The maximum atomic E-state index is 14.5. The van der Waals surface area contributed by atoms with E-state index < -0.39 is 12.0 Å². The number of esters is 1. The summed E-state index contributed by atoms with van der Waals surface area (Å²) >= 11 is 1.24. The maximum Gasteiger partial charge on any atom is 0.338 e. The maximum absolute atomic E-state index is 14.5. The van der Waals surface area contributed by atoms with Gasteiger partial charge in [0.15, 0.2) is 4.80 Å². The van der Waals surface area contributed by atoms with Crippen molar-refractivity contribution < 1.29 is 23.7 Å². The third-order valence-electron chi connectivity index (χ3n) is 7.52. The highest BCUT2D eigenvalue weighted by Crippen LogP contribution is 2.42. The minimum atomic E-state index is -0.893. The zero-order chi connectivity index (χ0) is 30.8. The van der Waals surface area contributed by atoms with Gasteiger partial charge in [-0.05, 0) is 48.0 Å². The highest BCUT2D eigenvalue weighted by Gasteiger charge is 2.37. The number of hydrogen-bond acceptors (Lipinski definition) is 8. The summed E-state index contributed by atoms with van der Waals surface area (Å²) < 4.78 is 24.5. The average molecular weight is 607 g/mol. The first-order valence-corrected chi connectivity index (χ1v) is 14.9. The van der Waals surface area contributed by atoms with Crippen molar-refractivity contribution in [3.05, 3.63) is 127 Å². The molecule has 6 rings (SSSR count). The Balaban J connectivity index is 1.74. The number of hydrogen-bond donors (Lipinski definition) is 0. The number of nitrogens with zero attached hydrogens (tertiary/aromatic N) is 2. The monoisotopic (exact) mass is 606 g/mol. The topological polar surface area (TPSA) is 88.4 Å². The number of aromatic nitrogens is 1. The number of rotatable bonds is 8. The van der Waals surface area contributed by atoms with Crippen LogP contribution >= 0.6 is 11.3 Å². The highest BCUT2D eigenvalue weighted by atomic mass is 32.1. The van der Waals surface area contributed by atoms with Gasteiger partial charge in [0.2, 0.25) is 0 Å². The fourth-order valence-corrected chi connectivity index (χ4v) is 6.53. The standard InChI is InChI=1S/C35H30N2O6S/c1-5-43-34(39)30-31(22-12-7-6-8-13-22)36-35-37(32(30)29-25-14-10-9-11-21(25)15-17-27(29)42-4)33(38)28(44-35)20-23-19-24(40-2)16-18-26(23)41-3/h6-20,32H,5H2,1-4H3/b28-20-/t32-/m1/s1. The summed E-state index contributed by atoms with van der Waals surface area (Å²) in [6.07, 6.45) is 1.76. The van der Waals surface area contributed by atoms with E-state index in [9.17, 15) is 9.59 Å². The molecular formula is C35H30N2O6S. The smallest absolute Gasteiger partial charge is 0.338 e. The Hall–Kier alpha value is -5.15. The first-order valence-electron chi connectivity index (χ1n) is 14.0. The second-order valence-electron chi connectivity index (χ2n) is 9.94. The molecule has 9 heteroatoms. The van der Waals surface area contributed by atoms with Crippen molar-refractivity contribution >= 4 is 39.9 Å². The van der Waals surface area contributed by atoms with Crippen molar-refractivity contribution in [2.45, 2.75) is 13.0 Å². The summed E-state index contributed by atoms with van der Waals surface area (Å²) in [6.45, 7) is 1.91. The number of thiazole rings is 1. The number of fused-ring (bicyclic) bond motifs is 2. The van der Waals surface area contributed by atoms with Crippen LogP contribution in [0.5, 0.6) is 17.2 Å². The minimum Gasteiger partial charge on any atom is -0.497 e. The molecule has 1 aliphatic rings. The first kappa shape index (κ1) is 28.9. The molecule has 1 aliphatic heterocycles. The van der Waals surface area contributed by atoms with Gasteiger partial charge in [-0.25, -0.2) is 9.79 Å². The van der Waals surface area contributed by atoms with Crippen LogP contribution in [0.15, 0.2) is 100 Å². The lowest BCUT2D eigenvalue weighted by Gasteiger charge is -2.28. The summed E-state index contributed by atoms with van der Waals surface area (Å²) in [4.78, 5) is 33.8. The van der Waals surface area contributed by atoms with Gasteiger partial charge in [-0.15, -0.1) is 0 Å². The van der Waals surface area contributed by atoms with Crippen LogP contribution < -0.4 is 29.1 Å². The molecule has 4 aromatic carbocycles. The molecule has 0 saturated heterocycles. The van der Waals surface area contributed by atoms with Crippen LogP contribution in [0.2, 0.25) is 0 Å². The summed E-state index contributed by atoms with van der Waals surface area (Å²) in [6, 6.07) is 25.6. The molecule has 5 aromatic rings. The number of benzene rings is 4. The van der Waals surface area contributed by atoms with E-state index in [2.05, 4.69) is 0 Å². The number of ether oxygens (including phenoxy) is 4. The van der Waals surface area contributed by atoms with E-state index in [0.29, 0.717) is 43.4 Å². The van der Waals surface area contributed by atoms with E-state index in [1.165, 1.54) is 11.3 Å². The van der Waals surface area contributed by atoms with Gasteiger partial charge in [0.05, 0.1) is 43.7 Å². The number of methoxy groups -OCH3 is 3. The van der Waals surface area contributed by atoms with Gasteiger partial charge < -0.3 is 18.9 Å². The minimum absolute atomic E-state index is 0.157. The SMILES string of the molecule is CCOC(=O)C1=C(c2ccccc2)N=c2s/c(=C\c3cc(OC)ccc3OC)c(=O)n2[C@@H]1c1c(OC)ccc2ccccc12. The van der Waals surface area contributed by atoms with Gasteiger partial charge >= 0.3 is 5.97 Å². The Morgan fingerprint density at radius 3 is 2.36 bits per heavy atom. The molecule has 0 amide bonds. The van der Waals surface area contributed by atoms with Gasteiger partial charge in [0.25, 0.3) is 5.56 Å². The van der Waals surface area contributed by atoms with E-state index in [1.807, 2.05) is 72.8 Å². The first-order chi connectivity index (χ1) is 21.5. The van der Waals surface area contributed by atoms with Crippen molar-refractivity contribution in [2.75, 3.05) is 27.9 Å². The molecule has 0 saturated carbocycles. The second kappa shape index (κ2) is 12.2. The molecule has 0 unspecified atom stereocenters. The van der Waals surface area contributed by atoms with Gasteiger partial charge in [0.1, 0.15) is 23.3 Å². The summed E-state index contributed by atoms with van der Waals surface area (Å²) in [7, 11) is 4.74. The lowest BCUT2D eigenvalue weighted by atomic mass is 9.89. The zero-order valence-electron chi connectivity index (χ0n) is 24.7. The van der Waals surface area contributed by atoms with Crippen molar-refractivity contribution in [1.29, 1.82) is 0 Å². The molecule has 222 valence electrons. The predicted molar refractivity (Wildman–Crippen MR) is 171 cm³/mol. The lowest BCUT2D eigenvalue weighted by Crippen LogP contribution is -2.40. The lowest BCUT2D eigenvalue weighted by molar-refractivity contribution is -0.138. The quantitative estimate of drug-likeness (QED) is 0.228. The molecule has 0 aliphatic carbocycles. The second-order valence-corrected chi connectivity index (χ2v) is 11.0. The Morgan fingerprint density at radius 1 is 0.909 bits per heavy atom. The largest absolute Gasteiger partial charge is 0.497 e. The summed E-state index contributed by atoms with van der Waals surface area (Å²) in [5, 5.41) is 1.78. The summed E-state index contributed by atoms with van der Waals surface area (Å²) in [5.74, 6) is 1.19. The molecular weight excluding hydrogens is 576 g/mol. The number of carbonyl (C=O) groups is 1. The van der Waals surface area contributed by atoms with Crippen molar-refractivity contribution in [1.82, 2.24) is 4.57 Å². The van der Waals surface area contributed by atoms with Gasteiger partial charge in [-0.1, -0.05) is 72.0 Å². The van der Waals surface area contributed by atoms with E-state index in [1.54, 1.807) is 51.0 Å². The van der Waals surface area contributed by atoms with Crippen LogP contribution in [0.3, 0.4) is 0 Å². The highest BCUT2D eigenvalue weighted by molar-refractivity contribution is 7.07. The molecule has 2 heterocycles. The van der Waals surface area contributed by atoms with Crippen LogP contribution in [-0.4, -0.2) is 38.5 Å². The van der Waals surface area contributed by atoms with Crippen LogP contribution in [0.1, 0.15) is 29.7 Å². The normalized spacial score (nSPS) is 14.6. The molecule has 1 aromatic heterocycles. The Kier molecular flexibility index (Phi) is 8.04. The molecule has 0 N–H and O–H groups in total. The Labute approximate surface area is 257 Å². The molecule has 44 heavy (non-hydrogen) atoms. The molecule has 8 nitrogen and oxygen atoms in total. The Morgan fingerprint density at radius 2 is 1.64 bits per heavy atom. The van der Waals surface area contributed by atoms with E-state index in [-0.39, 0.29) is 17.7 Å². The number of carbonyl (C=O) groups excluding carboxylic acids is 1. The van der Waals surface area contributed by atoms with Crippen LogP contribution in [0.4, 0.5) is 0 Å². The van der Waals surface area contributed by atoms with E-state index in [4.69, 9.17) is 23.9 Å². The average Bonchev–Trinajstić information content (AvgIpc) is 3.37. The van der Waals surface area contributed by atoms with Crippen molar-refractivity contribution in [3.63, 3.8) is 0 Å². The van der Waals surface area contributed by atoms with Crippen LogP contribution in [0.25, 0.3) is 22.5 Å².